The molecule has 1 aromatic heterocycles. The number of esters is 1. The molecule has 0 atom stereocenters. The molecule has 6 nitrogen and oxygen atoms in total. The number of aldehydes is 1. The Hall–Kier alpha value is -4.16. The number of para-hydroxylation sites is 1. The minimum absolute atomic E-state index is 0.218. The maximum atomic E-state index is 12.5. The van der Waals surface area contributed by atoms with E-state index in [9.17, 15) is 9.59 Å². The summed E-state index contributed by atoms with van der Waals surface area (Å²) in [6, 6.07) is 21.5. The van der Waals surface area contributed by atoms with Crippen LogP contribution in [-0.4, -0.2) is 29.1 Å². The van der Waals surface area contributed by atoms with E-state index >= 15 is 0 Å². The van der Waals surface area contributed by atoms with Crippen LogP contribution in [0.15, 0.2) is 85.1 Å². The second kappa shape index (κ2) is 9.97. The second-order valence-electron chi connectivity index (χ2n) is 7.00. The number of benzene rings is 3. The predicted molar refractivity (Wildman–Crippen MR) is 127 cm³/mol. The molecule has 33 heavy (non-hydrogen) atoms. The first-order chi connectivity index (χ1) is 16.1. The van der Waals surface area contributed by atoms with Crippen LogP contribution in [0, 0.1) is 0 Å². The number of carbonyl (C=O) groups excluding carboxylic acids is 2. The first-order valence-corrected chi connectivity index (χ1v) is 10.4. The molecule has 4 rings (SSSR count). The van der Waals surface area contributed by atoms with Gasteiger partial charge in [0.2, 0.25) is 0 Å². The maximum Gasteiger partial charge on any atom is 0.336 e. The zero-order valence-corrected chi connectivity index (χ0v) is 18.4. The van der Waals surface area contributed by atoms with Gasteiger partial charge in [0.15, 0.2) is 11.5 Å². The number of rotatable bonds is 7. The van der Waals surface area contributed by atoms with Gasteiger partial charge in [0.1, 0.15) is 6.29 Å². The third kappa shape index (κ3) is 5.19. The van der Waals surface area contributed by atoms with Gasteiger partial charge >= 0.3 is 5.97 Å². The molecule has 0 fully saturated rings. The largest absolute Gasteiger partial charge is 0.493 e. The molecule has 0 aliphatic heterocycles. The van der Waals surface area contributed by atoms with Gasteiger partial charge in [-0.2, -0.15) is 5.10 Å². The van der Waals surface area contributed by atoms with Crippen molar-refractivity contribution < 1.29 is 19.1 Å². The Bertz CT molecular complexity index is 1310. The van der Waals surface area contributed by atoms with Gasteiger partial charge in [0.05, 0.1) is 18.5 Å². The third-order valence-electron chi connectivity index (χ3n) is 4.81. The topological polar surface area (TPSA) is 70.4 Å². The van der Waals surface area contributed by atoms with Crippen molar-refractivity contribution in [3.63, 3.8) is 0 Å². The van der Waals surface area contributed by atoms with Gasteiger partial charge in [-0.05, 0) is 48.5 Å². The lowest BCUT2D eigenvalue weighted by atomic mass is 10.1. The van der Waals surface area contributed by atoms with E-state index in [1.165, 1.54) is 25.3 Å². The summed E-state index contributed by atoms with van der Waals surface area (Å²) in [4.78, 5) is 23.4. The van der Waals surface area contributed by atoms with Crippen LogP contribution in [0.3, 0.4) is 0 Å². The highest BCUT2D eigenvalue weighted by Crippen LogP contribution is 2.29. The molecule has 7 heteroatoms. The summed E-state index contributed by atoms with van der Waals surface area (Å²) in [5.74, 6) is -0.0857. The van der Waals surface area contributed by atoms with E-state index in [1.807, 2.05) is 48.7 Å². The van der Waals surface area contributed by atoms with Gasteiger partial charge in [0, 0.05) is 34.0 Å². The van der Waals surface area contributed by atoms with Gasteiger partial charge in [-0.1, -0.05) is 41.9 Å². The maximum absolute atomic E-state index is 12.5. The molecular formula is C26H19ClN2O4. The Balaban J connectivity index is 1.63. The average molecular weight is 459 g/mol. The average Bonchev–Trinajstić information content (AvgIpc) is 3.28. The summed E-state index contributed by atoms with van der Waals surface area (Å²) >= 11 is 6.03. The summed E-state index contributed by atoms with van der Waals surface area (Å²) in [7, 11) is 1.44. The Morgan fingerprint density at radius 1 is 1.00 bits per heavy atom. The van der Waals surface area contributed by atoms with Crippen molar-refractivity contribution in [1.29, 1.82) is 0 Å². The molecule has 0 N–H and O–H groups in total. The Kier molecular flexibility index (Phi) is 6.66. The fraction of sp³-hybridized carbons (Fsp3) is 0.0385. The van der Waals surface area contributed by atoms with Crippen LogP contribution in [-0.2, 0) is 4.79 Å². The molecule has 0 saturated carbocycles. The summed E-state index contributed by atoms with van der Waals surface area (Å²) in [6.45, 7) is 0. The zero-order chi connectivity index (χ0) is 23.2. The molecule has 4 aromatic rings. The van der Waals surface area contributed by atoms with E-state index < -0.39 is 5.97 Å². The van der Waals surface area contributed by atoms with Crippen LogP contribution in [0.25, 0.3) is 23.0 Å². The highest BCUT2D eigenvalue weighted by Gasteiger charge is 2.13. The molecule has 164 valence electrons. The number of hydrogen-bond donors (Lipinski definition) is 0. The lowest BCUT2D eigenvalue weighted by molar-refractivity contribution is -0.129. The zero-order valence-electron chi connectivity index (χ0n) is 17.6. The number of carbonyl (C=O) groups is 2. The normalized spacial score (nSPS) is 10.8. The summed E-state index contributed by atoms with van der Waals surface area (Å²) in [5.41, 5.74) is 3.57. The SMILES string of the molecule is COc1cc(C=O)ccc1OC(=O)/C=C/c1cn(-c2ccccc2)nc1-c1ccc(Cl)cc1. The van der Waals surface area contributed by atoms with Gasteiger partial charge in [0.25, 0.3) is 0 Å². The fourth-order valence-corrected chi connectivity index (χ4v) is 3.32. The summed E-state index contributed by atoms with van der Waals surface area (Å²) in [5, 5.41) is 5.33. The molecular weight excluding hydrogens is 440 g/mol. The third-order valence-corrected chi connectivity index (χ3v) is 5.07. The van der Waals surface area contributed by atoms with E-state index in [1.54, 1.807) is 29.0 Å². The van der Waals surface area contributed by atoms with Crippen molar-refractivity contribution in [1.82, 2.24) is 9.78 Å². The molecule has 0 bridgehead atoms. The Labute approximate surface area is 195 Å². The van der Waals surface area contributed by atoms with Crippen molar-refractivity contribution in [2.75, 3.05) is 7.11 Å². The van der Waals surface area contributed by atoms with Crippen LogP contribution < -0.4 is 9.47 Å². The van der Waals surface area contributed by atoms with E-state index in [2.05, 4.69) is 0 Å². The highest BCUT2D eigenvalue weighted by atomic mass is 35.5. The molecule has 1 heterocycles. The molecule has 3 aromatic carbocycles. The molecule has 0 aliphatic rings. The van der Waals surface area contributed by atoms with Crippen LogP contribution in [0.5, 0.6) is 11.5 Å². The first kappa shape index (κ1) is 22.0. The molecule has 0 saturated heterocycles. The predicted octanol–water partition coefficient (Wildman–Crippen LogP) is 5.63. The number of hydrogen-bond acceptors (Lipinski definition) is 5. The lowest BCUT2D eigenvalue weighted by Crippen LogP contribution is -2.05. The molecule has 0 amide bonds. The number of nitrogens with zero attached hydrogens (tertiary/aromatic N) is 2. The van der Waals surface area contributed by atoms with Gasteiger partial charge in [-0.3, -0.25) is 4.79 Å². The van der Waals surface area contributed by atoms with E-state index in [4.69, 9.17) is 26.2 Å². The van der Waals surface area contributed by atoms with Gasteiger partial charge in [-0.25, -0.2) is 9.48 Å². The lowest BCUT2D eigenvalue weighted by Gasteiger charge is -2.08. The summed E-state index contributed by atoms with van der Waals surface area (Å²) < 4.78 is 12.4. The minimum atomic E-state index is -0.596. The molecule has 0 aliphatic carbocycles. The number of methoxy groups -OCH3 is 1. The van der Waals surface area contributed by atoms with Crippen molar-refractivity contribution >= 4 is 29.9 Å². The van der Waals surface area contributed by atoms with Crippen LogP contribution in [0.4, 0.5) is 0 Å². The first-order valence-electron chi connectivity index (χ1n) is 10.0. The fourth-order valence-electron chi connectivity index (χ4n) is 3.20. The van der Waals surface area contributed by atoms with Gasteiger partial charge in [-0.15, -0.1) is 0 Å². The van der Waals surface area contributed by atoms with Crippen LogP contribution >= 0.6 is 11.6 Å². The quantitative estimate of drug-likeness (QED) is 0.155. The van der Waals surface area contributed by atoms with Gasteiger partial charge < -0.3 is 9.47 Å². The van der Waals surface area contributed by atoms with Crippen molar-refractivity contribution in [3.05, 3.63) is 101 Å². The molecule has 0 spiro atoms. The van der Waals surface area contributed by atoms with Crippen LogP contribution in [0.2, 0.25) is 5.02 Å². The standard InChI is InChI=1S/C26H19ClN2O4/c1-32-24-15-18(17-30)7-13-23(24)33-25(31)14-10-20-16-29(22-5-3-2-4-6-22)28-26(20)19-8-11-21(27)12-9-19/h2-17H,1H3/b14-10+. The van der Waals surface area contributed by atoms with Crippen molar-refractivity contribution in [2.45, 2.75) is 0 Å². The van der Waals surface area contributed by atoms with Crippen molar-refractivity contribution in [2.24, 2.45) is 0 Å². The van der Waals surface area contributed by atoms with Crippen LogP contribution in [0.1, 0.15) is 15.9 Å². The Morgan fingerprint density at radius 3 is 2.45 bits per heavy atom. The minimum Gasteiger partial charge on any atom is -0.493 e. The monoisotopic (exact) mass is 458 g/mol. The second-order valence-corrected chi connectivity index (χ2v) is 7.44. The van der Waals surface area contributed by atoms with Crippen molar-refractivity contribution in [3.8, 4) is 28.4 Å². The Morgan fingerprint density at radius 2 is 1.76 bits per heavy atom. The number of ether oxygens (including phenoxy) is 2. The number of halogens is 1. The van der Waals surface area contributed by atoms with E-state index in [0.717, 1.165) is 16.8 Å². The van der Waals surface area contributed by atoms with E-state index in [0.29, 0.717) is 28.3 Å². The molecule has 0 unspecified atom stereocenters. The summed E-state index contributed by atoms with van der Waals surface area (Å²) in [6.07, 6.45) is 5.49. The highest BCUT2D eigenvalue weighted by molar-refractivity contribution is 6.30. The number of aromatic nitrogens is 2. The smallest absolute Gasteiger partial charge is 0.336 e. The molecule has 0 radical (unpaired) electrons. The van der Waals surface area contributed by atoms with E-state index in [-0.39, 0.29) is 5.75 Å².